The smallest absolute Gasteiger partial charge is 0.409 e. The molecule has 0 unspecified atom stereocenters. The van der Waals surface area contributed by atoms with Crippen LogP contribution in [0.1, 0.15) is 102 Å². The van der Waals surface area contributed by atoms with Crippen molar-refractivity contribution in [2.75, 3.05) is 78.0 Å². The maximum atomic E-state index is 14.7. The fourth-order valence-corrected chi connectivity index (χ4v) is 11.5. The number of imide groups is 1. The first-order chi connectivity index (χ1) is 45.6. The predicted octanol–water partition coefficient (Wildman–Crippen LogP) is 3.52. The van der Waals surface area contributed by atoms with Crippen molar-refractivity contribution in [2.24, 2.45) is 11.7 Å². The van der Waals surface area contributed by atoms with Gasteiger partial charge in [0.15, 0.2) is 10.8 Å². The third-order valence-corrected chi connectivity index (χ3v) is 17.3. The number of nitrogens with zero attached hydrogens (tertiary/aromatic N) is 4. The van der Waals surface area contributed by atoms with Gasteiger partial charge in [-0.2, -0.15) is 0 Å². The van der Waals surface area contributed by atoms with Crippen LogP contribution in [0.5, 0.6) is 5.75 Å². The lowest BCUT2D eigenvalue weighted by molar-refractivity contribution is -0.198. The second kappa shape index (κ2) is 33.9. The van der Waals surface area contributed by atoms with Crippen molar-refractivity contribution in [1.29, 1.82) is 0 Å². The third-order valence-electron chi connectivity index (χ3n) is 16.6. The summed E-state index contributed by atoms with van der Waals surface area (Å²) in [6, 6.07) is 5.35. The molecule has 0 saturated carbocycles. The molecule has 1 aromatic heterocycles. The van der Waals surface area contributed by atoms with Gasteiger partial charge in [0.2, 0.25) is 17.7 Å². The van der Waals surface area contributed by atoms with Crippen molar-refractivity contribution in [3.05, 3.63) is 82.5 Å². The highest BCUT2D eigenvalue weighted by atomic mass is 35.5. The van der Waals surface area contributed by atoms with Crippen LogP contribution < -0.4 is 47.3 Å². The standard InChI is InChI=1S/C64H84ClN11O19S/c1-35(2)54(72-61(96)69-24-26-91-28-27-90-25-21-52(80)95-76-49(77)19-20-50(76)78)57(82)71-43(15-12-23-68-60(66)85)56(81)70-42-18-17-41(55-40(42)14-11-22-67-55)58(83)74(6)37(4)59(84)93-47-33-51(79)75(7)44-30-38(31-45(88-8)53(44)65)29-36(3)13-10-16-46(89-9)64(87)34-39(92-62(86)73-64)32-48-63(47,5)94-48/h10-11,13-14,16-18,22,30-31,35,37,39,43,46-48,54,87H,12,15,19-21,23-29,32-34H2,1-9H3,(H,70,81)(H,71,82)(H,73,86)(H3,66,68,85)(H2,69,72,96)/b16-10+,36-13+/t37-,39+,43-,46+,47-,48-,54-,63-,64-/m0/s1. The zero-order chi connectivity index (χ0) is 70.2. The number of carbonyl (C=O) groups excluding carboxylic acids is 10. The molecule has 0 radical (unpaired) electrons. The Balaban J connectivity index is 1.01. The second-order valence-electron chi connectivity index (χ2n) is 24.0. The Morgan fingerprint density at radius 1 is 0.958 bits per heavy atom. The molecular formula is C64H84ClN11O19S. The number of hydrogen-bond donors (Lipinski definition) is 8. The lowest BCUT2D eigenvalue weighted by Crippen LogP contribution is -2.62. The summed E-state index contributed by atoms with van der Waals surface area (Å²) < 4.78 is 40.4. The number of nitrogens with two attached hydrogens (primary N) is 1. The minimum atomic E-state index is -1.91. The van der Waals surface area contributed by atoms with Crippen LogP contribution in [0.2, 0.25) is 5.02 Å². The van der Waals surface area contributed by atoms with E-state index in [-0.39, 0.29) is 117 Å². The number of benzene rings is 2. The number of halogens is 1. The molecule has 0 spiro atoms. The number of pyridine rings is 1. The van der Waals surface area contributed by atoms with Crippen molar-refractivity contribution in [3.63, 3.8) is 0 Å². The summed E-state index contributed by atoms with van der Waals surface area (Å²) in [5.41, 5.74) is 4.29. The maximum Gasteiger partial charge on any atom is 0.409 e. The van der Waals surface area contributed by atoms with Gasteiger partial charge in [-0.05, 0) is 100 Å². The monoisotopic (exact) mass is 1380 g/mol. The number of carbonyl (C=O) groups is 10. The molecule has 3 saturated heterocycles. The molecule has 30 nitrogen and oxygen atoms in total. The molecule has 7 rings (SSSR count). The predicted molar refractivity (Wildman–Crippen MR) is 351 cm³/mol. The zero-order valence-corrected chi connectivity index (χ0v) is 56.5. The Morgan fingerprint density at radius 2 is 1.68 bits per heavy atom. The van der Waals surface area contributed by atoms with Crippen LogP contribution in [0.4, 0.5) is 21.0 Å². The molecule has 5 heterocycles. The average molecular weight is 1380 g/mol. The number of esters is 1. The number of aromatic nitrogens is 1. The Kier molecular flexibility index (Phi) is 26.4. The molecule has 4 aliphatic rings. The zero-order valence-electron chi connectivity index (χ0n) is 54.9. The number of fused-ring (bicyclic) bond motifs is 6. The van der Waals surface area contributed by atoms with Crippen LogP contribution >= 0.6 is 23.8 Å². The number of alkyl carbamates (subject to hydrolysis) is 1. The molecule has 32 heteroatoms. The quantitative estimate of drug-likeness (QED) is 0.0187. The van der Waals surface area contributed by atoms with Gasteiger partial charge in [-0.1, -0.05) is 49.2 Å². The highest BCUT2D eigenvalue weighted by Crippen LogP contribution is 2.47. The van der Waals surface area contributed by atoms with E-state index in [0.717, 1.165) is 16.0 Å². The lowest BCUT2D eigenvalue weighted by atomic mass is 9.90. The Bertz CT molecular complexity index is 3470. The first-order valence-electron chi connectivity index (χ1n) is 31.2. The van der Waals surface area contributed by atoms with E-state index in [9.17, 15) is 53.1 Å². The van der Waals surface area contributed by atoms with Gasteiger partial charge in [-0.3, -0.25) is 39.1 Å². The number of anilines is 2. The van der Waals surface area contributed by atoms with Gasteiger partial charge >= 0.3 is 24.1 Å². The van der Waals surface area contributed by atoms with E-state index in [1.54, 1.807) is 57.2 Å². The molecule has 0 aliphatic carbocycles. The Morgan fingerprint density at radius 3 is 2.36 bits per heavy atom. The van der Waals surface area contributed by atoms with Crippen LogP contribution in [0.25, 0.3) is 10.9 Å². The van der Waals surface area contributed by atoms with Crippen LogP contribution in [-0.4, -0.2) is 206 Å². The van der Waals surface area contributed by atoms with Crippen molar-refractivity contribution in [2.45, 2.75) is 146 Å². The van der Waals surface area contributed by atoms with Crippen LogP contribution in [0.3, 0.4) is 0 Å². The number of urea groups is 1. The van der Waals surface area contributed by atoms with E-state index in [1.807, 2.05) is 13.0 Å². The molecule has 9 amide bonds. The van der Waals surface area contributed by atoms with Crippen molar-refractivity contribution < 1.29 is 91.0 Å². The fourth-order valence-electron chi connectivity index (χ4n) is 11.0. The number of likely N-dealkylation sites (N-methyl/N-ethyl adjacent to an activating group) is 1. The molecule has 3 fully saturated rings. The normalized spacial score (nSPS) is 23.0. The molecule has 522 valence electrons. The lowest BCUT2D eigenvalue weighted by Gasteiger charge is -2.40. The highest BCUT2D eigenvalue weighted by molar-refractivity contribution is 7.80. The van der Waals surface area contributed by atoms with Crippen LogP contribution in [0.15, 0.2) is 66.4 Å². The number of hydroxylamine groups is 2. The molecule has 3 aromatic rings. The van der Waals surface area contributed by atoms with Crippen molar-refractivity contribution in [1.82, 2.24) is 41.5 Å². The number of rotatable bonds is 26. The topological polar surface area (TPSA) is 389 Å². The number of ether oxygens (including phenoxy) is 7. The van der Waals surface area contributed by atoms with Crippen molar-refractivity contribution in [3.8, 4) is 5.75 Å². The first-order valence-corrected chi connectivity index (χ1v) is 32.0. The summed E-state index contributed by atoms with van der Waals surface area (Å²) >= 11 is 12.4. The van der Waals surface area contributed by atoms with Gasteiger partial charge in [0.25, 0.3) is 17.7 Å². The molecule has 9 atom stereocenters. The summed E-state index contributed by atoms with van der Waals surface area (Å²) in [6.07, 6.45) is 1.44. The van der Waals surface area contributed by atoms with Gasteiger partial charge < -0.3 is 85.2 Å². The van der Waals surface area contributed by atoms with Gasteiger partial charge in [0, 0.05) is 71.6 Å². The number of methoxy groups -OCH3 is 2. The Hall–Kier alpha value is -8.59. The van der Waals surface area contributed by atoms with Gasteiger partial charge in [0.05, 0.1) is 74.9 Å². The van der Waals surface area contributed by atoms with Crippen molar-refractivity contribution >= 4 is 111 Å². The van der Waals surface area contributed by atoms with Crippen LogP contribution in [-0.2, 0) is 73.2 Å². The van der Waals surface area contributed by atoms with Gasteiger partial charge in [-0.25, -0.2) is 19.2 Å². The molecule has 4 bridgehead atoms. The highest BCUT2D eigenvalue weighted by Gasteiger charge is 2.62. The Labute approximate surface area is 565 Å². The van der Waals surface area contributed by atoms with E-state index in [1.165, 1.54) is 58.5 Å². The maximum absolute atomic E-state index is 14.7. The number of nitrogens with one attached hydrogen (secondary N) is 6. The molecular weight excluding hydrogens is 1290 g/mol. The minimum absolute atomic E-state index is 0.0106. The number of epoxide rings is 1. The molecule has 2 aromatic carbocycles. The van der Waals surface area contributed by atoms with Gasteiger partial charge in [0.1, 0.15) is 52.8 Å². The van der Waals surface area contributed by atoms with E-state index >= 15 is 0 Å². The number of aliphatic hydroxyl groups is 1. The van der Waals surface area contributed by atoms with E-state index in [0.29, 0.717) is 28.3 Å². The summed E-state index contributed by atoms with van der Waals surface area (Å²) in [7, 11) is 5.74. The number of primary amides is 1. The average Bonchev–Trinajstić information content (AvgIpc) is 1.58. The summed E-state index contributed by atoms with van der Waals surface area (Å²) in [4.78, 5) is 144. The van der Waals surface area contributed by atoms with Gasteiger partial charge in [-0.15, -0.1) is 5.06 Å². The number of hydrogen-bond acceptors (Lipinski definition) is 21. The largest absolute Gasteiger partial charge is 0.495 e. The SMILES string of the molecule is COc1cc2cc(c1Cl)N(C)C(=O)C[C@H](OC(=O)[C@H](C)N(C)C(=O)c1ccc(NC(=O)[C@H](CCCNC(N)=O)NC(=O)[C@@H](NC(=S)NCCOCCOCCC(=O)ON3C(=O)CCC3=O)C(C)C)c3cccnc13)[C@]1(C)O[C@H]1C[C@@H]1C[C@@](O)(NC(=O)O1)[C@H](OC)/C=C/C=C(\C)C2. The van der Waals surface area contributed by atoms with Crippen LogP contribution in [0, 0.1) is 5.92 Å². The minimum Gasteiger partial charge on any atom is -0.495 e. The number of thiocarbonyl (C=S) groups is 1. The van der Waals surface area contributed by atoms with E-state index in [2.05, 4.69) is 36.9 Å². The number of amides is 9. The summed E-state index contributed by atoms with van der Waals surface area (Å²) in [5.74, 6) is -5.40. The second-order valence-corrected chi connectivity index (χ2v) is 24.8. The van der Waals surface area contributed by atoms with E-state index in [4.69, 9.17) is 67.5 Å². The summed E-state index contributed by atoms with van der Waals surface area (Å²) in [6.45, 7) is 9.23. The first kappa shape index (κ1) is 74.8. The third kappa shape index (κ3) is 19.6. The molecule has 4 aliphatic heterocycles. The summed E-state index contributed by atoms with van der Waals surface area (Å²) in [5, 5.41) is 29.5. The number of allylic oxidation sites excluding steroid dienone is 3. The van der Waals surface area contributed by atoms with E-state index < -0.39 is 120 Å². The molecule has 9 N–H and O–H groups in total. The molecule has 96 heavy (non-hydrogen) atoms. The fraction of sp³-hybridized carbons (Fsp3) is 0.531.